The molecule has 86 valence electrons. The quantitative estimate of drug-likeness (QED) is 0.654. The number of ether oxygens (including phenoxy) is 1. The lowest BCUT2D eigenvalue weighted by molar-refractivity contribution is 0.403. The molecule has 0 atom stereocenters. The number of fused-ring (bicyclic) bond motifs is 2. The molecular weight excluding hydrogens is 296 g/mol. The molecule has 1 heterocycles. The summed E-state index contributed by atoms with van der Waals surface area (Å²) >= 11 is 5.31. The van der Waals surface area contributed by atoms with Crippen LogP contribution in [0.5, 0.6) is 5.75 Å². The van der Waals surface area contributed by atoms with E-state index in [1.165, 1.54) is 20.9 Å². The van der Waals surface area contributed by atoms with Gasteiger partial charge in [-0.1, -0.05) is 45.9 Å². The van der Waals surface area contributed by atoms with Crippen molar-refractivity contribution in [1.29, 1.82) is 0 Å². The Kier molecular flexibility index (Phi) is 2.89. The molecule has 17 heavy (non-hydrogen) atoms. The van der Waals surface area contributed by atoms with Crippen LogP contribution in [-0.4, -0.2) is 7.11 Å². The molecule has 0 unspecified atom stereocenters. The van der Waals surface area contributed by atoms with Crippen LogP contribution in [0.1, 0.15) is 11.1 Å². The van der Waals surface area contributed by atoms with Crippen LogP contribution >= 0.6 is 27.7 Å². The molecule has 1 aliphatic rings. The largest absolute Gasteiger partial charge is 0.496 e. The van der Waals surface area contributed by atoms with E-state index in [4.69, 9.17) is 4.74 Å². The van der Waals surface area contributed by atoms with Crippen molar-refractivity contribution in [3.8, 4) is 5.75 Å². The van der Waals surface area contributed by atoms with Crippen LogP contribution in [0.4, 0.5) is 0 Å². The Morgan fingerprint density at radius 3 is 2.88 bits per heavy atom. The van der Waals surface area contributed by atoms with Crippen molar-refractivity contribution in [2.45, 2.75) is 16.2 Å². The van der Waals surface area contributed by atoms with Gasteiger partial charge >= 0.3 is 0 Å². The molecule has 0 radical (unpaired) electrons. The second-order valence-corrected chi connectivity index (χ2v) is 5.95. The summed E-state index contributed by atoms with van der Waals surface area (Å²) in [7, 11) is 1.73. The van der Waals surface area contributed by atoms with E-state index >= 15 is 0 Å². The Morgan fingerprint density at radius 2 is 2.06 bits per heavy atom. The molecule has 3 rings (SSSR count). The number of benzene rings is 2. The van der Waals surface area contributed by atoms with Crippen LogP contribution in [0, 0.1) is 0 Å². The van der Waals surface area contributed by atoms with Crippen molar-refractivity contribution in [3.63, 3.8) is 0 Å². The summed E-state index contributed by atoms with van der Waals surface area (Å²) in [4.78, 5) is 2.57. The second kappa shape index (κ2) is 4.39. The molecule has 2 aromatic carbocycles. The topological polar surface area (TPSA) is 9.23 Å². The van der Waals surface area contributed by atoms with Crippen LogP contribution in [-0.2, 0) is 6.42 Å². The fraction of sp³-hybridized carbons (Fsp3) is 0.143. The molecule has 0 aromatic heterocycles. The van der Waals surface area contributed by atoms with E-state index in [0.29, 0.717) is 0 Å². The van der Waals surface area contributed by atoms with Crippen LogP contribution < -0.4 is 4.74 Å². The summed E-state index contributed by atoms with van der Waals surface area (Å²) in [6, 6.07) is 12.7. The van der Waals surface area contributed by atoms with E-state index in [0.717, 1.165) is 16.6 Å². The normalized spacial score (nSPS) is 12.8. The van der Waals surface area contributed by atoms with Gasteiger partial charge in [0, 0.05) is 9.37 Å². The van der Waals surface area contributed by atoms with Crippen LogP contribution in [0.2, 0.25) is 0 Å². The first-order valence-corrected chi connectivity index (χ1v) is 7.01. The standard InChI is InChI=1S/C14H11BrOS/c1-16-12-4-2-3-10-7-9-5-6-11(15)8-13(9)17-14(10)12/h2-6,8H,7H2,1H3. The number of methoxy groups -OCH3 is 1. The third-order valence-corrected chi connectivity index (χ3v) is 4.66. The monoisotopic (exact) mass is 306 g/mol. The minimum atomic E-state index is 0.970. The smallest absolute Gasteiger partial charge is 0.133 e. The molecule has 0 saturated heterocycles. The zero-order chi connectivity index (χ0) is 11.8. The SMILES string of the molecule is COc1cccc2c1Sc1cc(Br)ccc1C2. The highest BCUT2D eigenvalue weighted by Gasteiger charge is 2.19. The molecule has 1 aliphatic heterocycles. The van der Waals surface area contributed by atoms with Crippen molar-refractivity contribution in [1.82, 2.24) is 0 Å². The first-order valence-electron chi connectivity index (χ1n) is 5.40. The highest BCUT2D eigenvalue weighted by molar-refractivity contribution is 9.10. The van der Waals surface area contributed by atoms with Gasteiger partial charge < -0.3 is 4.74 Å². The van der Waals surface area contributed by atoms with Gasteiger partial charge in [-0.3, -0.25) is 0 Å². The predicted molar refractivity (Wildman–Crippen MR) is 74.1 cm³/mol. The van der Waals surface area contributed by atoms with Gasteiger partial charge in [0.05, 0.1) is 12.0 Å². The average molecular weight is 307 g/mol. The zero-order valence-corrected chi connectivity index (χ0v) is 11.8. The van der Waals surface area contributed by atoms with Gasteiger partial charge in [-0.25, -0.2) is 0 Å². The second-order valence-electron chi connectivity index (χ2n) is 3.98. The minimum Gasteiger partial charge on any atom is -0.496 e. The molecule has 2 aromatic rings. The Morgan fingerprint density at radius 1 is 1.18 bits per heavy atom. The molecule has 3 heteroatoms. The van der Waals surface area contributed by atoms with Crippen molar-refractivity contribution in [3.05, 3.63) is 52.0 Å². The number of hydrogen-bond acceptors (Lipinski definition) is 2. The summed E-state index contributed by atoms with van der Waals surface area (Å²) in [5.41, 5.74) is 2.74. The first-order chi connectivity index (χ1) is 8.28. The maximum absolute atomic E-state index is 5.43. The summed E-state index contributed by atoms with van der Waals surface area (Å²) in [6.45, 7) is 0. The number of rotatable bonds is 1. The predicted octanol–water partition coefficient (Wildman–Crippen LogP) is 4.51. The van der Waals surface area contributed by atoms with E-state index in [9.17, 15) is 0 Å². The Balaban J connectivity index is 2.11. The van der Waals surface area contributed by atoms with Crippen molar-refractivity contribution >= 4 is 27.7 Å². The van der Waals surface area contributed by atoms with Gasteiger partial charge in [0.25, 0.3) is 0 Å². The molecule has 0 saturated carbocycles. The van der Waals surface area contributed by atoms with Gasteiger partial charge in [0.1, 0.15) is 5.75 Å². The van der Waals surface area contributed by atoms with Gasteiger partial charge in [0.15, 0.2) is 0 Å². The highest BCUT2D eigenvalue weighted by Crippen LogP contribution is 2.44. The Labute approximate surface area is 113 Å². The lowest BCUT2D eigenvalue weighted by Crippen LogP contribution is -2.01. The van der Waals surface area contributed by atoms with E-state index in [-0.39, 0.29) is 0 Å². The summed E-state index contributed by atoms with van der Waals surface area (Å²) in [5.74, 6) is 0.970. The van der Waals surface area contributed by atoms with Crippen LogP contribution in [0.25, 0.3) is 0 Å². The Bertz CT molecular complexity index is 580. The fourth-order valence-electron chi connectivity index (χ4n) is 2.06. The van der Waals surface area contributed by atoms with E-state index < -0.39 is 0 Å². The molecule has 0 bridgehead atoms. The number of halogens is 1. The molecule has 0 spiro atoms. The van der Waals surface area contributed by atoms with Crippen LogP contribution in [0.15, 0.2) is 50.7 Å². The summed E-state index contributed by atoms with van der Waals surface area (Å²) in [5, 5.41) is 0. The van der Waals surface area contributed by atoms with Gasteiger partial charge in [-0.15, -0.1) is 0 Å². The summed E-state index contributed by atoms with van der Waals surface area (Å²) in [6.07, 6.45) is 0.988. The molecule has 0 amide bonds. The Hall–Kier alpha value is -0.930. The summed E-state index contributed by atoms with van der Waals surface area (Å²) < 4.78 is 6.55. The van der Waals surface area contributed by atoms with Crippen molar-refractivity contribution in [2.24, 2.45) is 0 Å². The van der Waals surface area contributed by atoms with Gasteiger partial charge in [-0.05, 0) is 35.7 Å². The zero-order valence-electron chi connectivity index (χ0n) is 9.37. The lowest BCUT2D eigenvalue weighted by atomic mass is 10.0. The highest BCUT2D eigenvalue weighted by atomic mass is 79.9. The first kappa shape index (κ1) is 11.2. The maximum atomic E-state index is 5.43. The average Bonchev–Trinajstić information content (AvgIpc) is 2.35. The third kappa shape index (κ3) is 1.98. The van der Waals surface area contributed by atoms with E-state index in [2.05, 4.69) is 46.3 Å². The van der Waals surface area contributed by atoms with Crippen molar-refractivity contribution in [2.75, 3.05) is 7.11 Å². The van der Waals surface area contributed by atoms with E-state index in [1.54, 1.807) is 18.9 Å². The molecular formula is C14H11BrOS. The van der Waals surface area contributed by atoms with Crippen LogP contribution in [0.3, 0.4) is 0 Å². The lowest BCUT2D eigenvalue weighted by Gasteiger charge is -2.21. The third-order valence-electron chi connectivity index (χ3n) is 2.90. The molecule has 0 fully saturated rings. The minimum absolute atomic E-state index is 0.970. The molecule has 0 N–H and O–H groups in total. The fourth-order valence-corrected chi connectivity index (χ4v) is 3.77. The van der Waals surface area contributed by atoms with Gasteiger partial charge in [-0.2, -0.15) is 0 Å². The van der Waals surface area contributed by atoms with E-state index in [1.807, 2.05) is 6.07 Å². The molecule has 0 aliphatic carbocycles. The maximum Gasteiger partial charge on any atom is 0.133 e. The van der Waals surface area contributed by atoms with Crippen molar-refractivity contribution < 1.29 is 4.74 Å². The molecule has 1 nitrogen and oxygen atoms in total. The number of hydrogen-bond donors (Lipinski definition) is 0. The van der Waals surface area contributed by atoms with Gasteiger partial charge in [0.2, 0.25) is 0 Å².